The van der Waals surface area contributed by atoms with E-state index in [-0.39, 0.29) is 5.97 Å². The molecule has 0 bridgehead atoms. The molecular formula is C21H34ClNO3. The molecule has 0 aliphatic carbocycles. The van der Waals surface area contributed by atoms with E-state index in [0.717, 1.165) is 25.7 Å². The van der Waals surface area contributed by atoms with Crippen LogP contribution in [0.15, 0.2) is 18.2 Å². The third kappa shape index (κ3) is 11.2. The second-order valence-corrected chi connectivity index (χ2v) is 7.12. The number of hydrogen-bond acceptors (Lipinski definition) is 4. The minimum absolute atomic E-state index is 0.112. The van der Waals surface area contributed by atoms with Gasteiger partial charge in [-0.05, 0) is 37.5 Å². The second kappa shape index (κ2) is 14.7. The van der Waals surface area contributed by atoms with Crippen LogP contribution in [-0.2, 0) is 9.53 Å². The Hall–Kier alpha value is -1.42. The molecule has 0 saturated carbocycles. The third-order valence-corrected chi connectivity index (χ3v) is 4.50. The lowest BCUT2D eigenvalue weighted by Crippen LogP contribution is -2.07. The van der Waals surface area contributed by atoms with Crippen LogP contribution in [0.2, 0.25) is 5.02 Å². The van der Waals surface area contributed by atoms with Gasteiger partial charge < -0.3 is 15.2 Å². The van der Waals surface area contributed by atoms with Crippen molar-refractivity contribution >= 4 is 23.3 Å². The number of hydrogen-bond donors (Lipinski definition) is 1. The normalized spacial score (nSPS) is 10.7. The van der Waals surface area contributed by atoms with Crippen LogP contribution in [0, 0.1) is 0 Å². The Kier molecular flexibility index (Phi) is 12.8. The van der Waals surface area contributed by atoms with Gasteiger partial charge in [0.05, 0.1) is 18.9 Å². The standard InChI is InChI=1S/C21H34ClNO3/c1-2-3-4-5-6-7-8-10-16-26-21(24)12-9-11-15-25-20-14-13-18(22)17-19(20)23/h13-14,17H,2-12,15-16,23H2,1H3. The quantitative estimate of drug-likeness (QED) is 0.224. The predicted molar refractivity (Wildman–Crippen MR) is 109 cm³/mol. The number of anilines is 1. The molecule has 5 heteroatoms. The molecule has 0 atom stereocenters. The SMILES string of the molecule is CCCCCCCCCCOC(=O)CCCCOc1ccc(Cl)cc1N. The number of esters is 1. The molecule has 0 radical (unpaired) electrons. The van der Waals surface area contributed by atoms with E-state index >= 15 is 0 Å². The highest BCUT2D eigenvalue weighted by atomic mass is 35.5. The Balaban J connectivity index is 1.92. The predicted octanol–water partition coefficient (Wildman–Crippen LogP) is 6.16. The summed E-state index contributed by atoms with van der Waals surface area (Å²) in [4.78, 5) is 11.7. The van der Waals surface area contributed by atoms with Crippen LogP contribution >= 0.6 is 11.6 Å². The van der Waals surface area contributed by atoms with Crippen molar-refractivity contribution in [2.75, 3.05) is 18.9 Å². The zero-order valence-electron chi connectivity index (χ0n) is 16.1. The van der Waals surface area contributed by atoms with Gasteiger partial charge in [0.1, 0.15) is 5.75 Å². The van der Waals surface area contributed by atoms with Crippen LogP contribution in [0.3, 0.4) is 0 Å². The van der Waals surface area contributed by atoms with E-state index in [1.807, 2.05) is 0 Å². The number of halogens is 1. The van der Waals surface area contributed by atoms with Crippen molar-refractivity contribution in [1.82, 2.24) is 0 Å². The summed E-state index contributed by atoms with van der Waals surface area (Å²) in [5.74, 6) is 0.519. The first-order valence-corrected chi connectivity index (χ1v) is 10.3. The van der Waals surface area contributed by atoms with Gasteiger partial charge >= 0.3 is 5.97 Å². The number of carbonyl (C=O) groups excluding carboxylic acids is 1. The molecule has 2 N–H and O–H groups in total. The summed E-state index contributed by atoms with van der Waals surface area (Å²) in [5, 5.41) is 0.592. The first kappa shape index (κ1) is 22.6. The molecule has 0 aromatic heterocycles. The summed E-state index contributed by atoms with van der Waals surface area (Å²) < 4.78 is 10.9. The molecule has 4 nitrogen and oxygen atoms in total. The summed E-state index contributed by atoms with van der Waals surface area (Å²) in [6, 6.07) is 5.17. The first-order valence-electron chi connectivity index (χ1n) is 9.97. The van der Waals surface area contributed by atoms with Crippen molar-refractivity contribution < 1.29 is 14.3 Å². The van der Waals surface area contributed by atoms with Crippen molar-refractivity contribution in [2.24, 2.45) is 0 Å². The fourth-order valence-electron chi connectivity index (χ4n) is 2.70. The molecule has 148 valence electrons. The Morgan fingerprint density at radius 1 is 0.962 bits per heavy atom. The second-order valence-electron chi connectivity index (χ2n) is 6.68. The molecule has 0 aliphatic rings. The Morgan fingerprint density at radius 2 is 1.62 bits per heavy atom. The fraction of sp³-hybridized carbons (Fsp3) is 0.667. The van der Waals surface area contributed by atoms with Crippen LogP contribution in [-0.4, -0.2) is 19.2 Å². The largest absolute Gasteiger partial charge is 0.491 e. The Bertz CT molecular complexity index is 508. The fourth-order valence-corrected chi connectivity index (χ4v) is 2.88. The van der Waals surface area contributed by atoms with Gasteiger partial charge in [0.2, 0.25) is 0 Å². The van der Waals surface area contributed by atoms with E-state index in [9.17, 15) is 4.79 Å². The zero-order chi connectivity index (χ0) is 19.0. The number of rotatable bonds is 15. The molecule has 0 saturated heterocycles. The molecule has 0 aliphatic heterocycles. The van der Waals surface area contributed by atoms with E-state index < -0.39 is 0 Å². The molecule has 1 rings (SSSR count). The highest BCUT2D eigenvalue weighted by Crippen LogP contribution is 2.25. The molecular weight excluding hydrogens is 350 g/mol. The number of ether oxygens (including phenoxy) is 2. The lowest BCUT2D eigenvalue weighted by molar-refractivity contribution is -0.143. The van der Waals surface area contributed by atoms with Crippen LogP contribution in [0.25, 0.3) is 0 Å². The summed E-state index contributed by atoms with van der Waals surface area (Å²) in [6.07, 6.45) is 12.0. The van der Waals surface area contributed by atoms with Gasteiger partial charge in [0.25, 0.3) is 0 Å². The highest BCUT2D eigenvalue weighted by Gasteiger charge is 2.04. The van der Waals surface area contributed by atoms with E-state index in [1.165, 1.54) is 38.5 Å². The number of nitrogens with two attached hydrogens (primary N) is 1. The van der Waals surface area contributed by atoms with Crippen molar-refractivity contribution in [3.63, 3.8) is 0 Å². The Labute approximate surface area is 163 Å². The van der Waals surface area contributed by atoms with Crippen LogP contribution < -0.4 is 10.5 Å². The smallest absolute Gasteiger partial charge is 0.305 e. The maximum atomic E-state index is 11.7. The van der Waals surface area contributed by atoms with Gasteiger partial charge in [-0.25, -0.2) is 0 Å². The molecule has 0 spiro atoms. The first-order chi connectivity index (χ1) is 12.6. The van der Waals surface area contributed by atoms with E-state index in [0.29, 0.717) is 36.1 Å². The lowest BCUT2D eigenvalue weighted by Gasteiger charge is -2.09. The van der Waals surface area contributed by atoms with Crippen LogP contribution in [0.1, 0.15) is 77.6 Å². The van der Waals surface area contributed by atoms with Crippen LogP contribution in [0.4, 0.5) is 5.69 Å². The van der Waals surface area contributed by atoms with Gasteiger partial charge in [-0.3, -0.25) is 4.79 Å². The van der Waals surface area contributed by atoms with E-state index in [1.54, 1.807) is 18.2 Å². The van der Waals surface area contributed by atoms with Crippen molar-refractivity contribution in [2.45, 2.75) is 77.6 Å². The summed E-state index contributed by atoms with van der Waals surface area (Å²) in [5.41, 5.74) is 6.35. The Morgan fingerprint density at radius 3 is 2.31 bits per heavy atom. The molecule has 0 fully saturated rings. The van der Waals surface area contributed by atoms with Gasteiger partial charge in [-0.2, -0.15) is 0 Å². The number of unbranched alkanes of at least 4 members (excludes halogenated alkanes) is 8. The number of carbonyl (C=O) groups is 1. The minimum atomic E-state index is -0.112. The summed E-state index contributed by atoms with van der Waals surface area (Å²) in [7, 11) is 0. The van der Waals surface area contributed by atoms with Gasteiger partial charge in [0.15, 0.2) is 0 Å². The molecule has 0 heterocycles. The van der Waals surface area contributed by atoms with E-state index in [2.05, 4.69) is 6.92 Å². The summed E-state index contributed by atoms with van der Waals surface area (Å²) >= 11 is 5.84. The molecule has 26 heavy (non-hydrogen) atoms. The maximum Gasteiger partial charge on any atom is 0.305 e. The highest BCUT2D eigenvalue weighted by molar-refractivity contribution is 6.30. The zero-order valence-corrected chi connectivity index (χ0v) is 16.9. The van der Waals surface area contributed by atoms with Crippen LogP contribution in [0.5, 0.6) is 5.75 Å². The van der Waals surface area contributed by atoms with Gasteiger partial charge in [0, 0.05) is 11.4 Å². The van der Waals surface area contributed by atoms with Gasteiger partial charge in [-0.1, -0.05) is 63.5 Å². The van der Waals surface area contributed by atoms with Crippen molar-refractivity contribution in [1.29, 1.82) is 0 Å². The molecule has 0 unspecified atom stereocenters. The molecule has 0 amide bonds. The lowest BCUT2D eigenvalue weighted by atomic mass is 10.1. The third-order valence-electron chi connectivity index (χ3n) is 4.27. The van der Waals surface area contributed by atoms with Crippen molar-refractivity contribution in [3.05, 3.63) is 23.2 Å². The average Bonchev–Trinajstić information content (AvgIpc) is 2.61. The maximum absolute atomic E-state index is 11.7. The number of benzene rings is 1. The monoisotopic (exact) mass is 383 g/mol. The van der Waals surface area contributed by atoms with E-state index in [4.69, 9.17) is 26.8 Å². The van der Waals surface area contributed by atoms with Gasteiger partial charge in [-0.15, -0.1) is 0 Å². The molecule has 1 aromatic rings. The molecule has 1 aromatic carbocycles. The number of nitrogen functional groups attached to an aromatic ring is 1. The summed E-state index contributed by atoms with van der Waals surface area (Å²) in [6.45, 7) is 3.31. The minimum Gasteiger partial charge on any atom is -0.491 e. The van der Waals surface area contributed by atoms with Crippen molar-refractivity contribution in [3.8, 4) is 5.75 Å². The average molecular weight is 384 g/mol. The topological polar surface area (TPSA) is 61.5 Å².